The molecule has 8 heteroatoms. The number of amides is 1. The summed E-state index contributed by atoms with van der Waals surface area (Å²) >= 11 is 0. The number of rotatable bonds is 9. The van der Waals surface area contributed by atoms with Gasteiger partial charge in [-0.1, -0.05) is 49.2 Å². The van der Waals surface area contributed by atoms with Gasteiger partial charge in [-0.15, -0.1) is 0 Å². The van der Waals surface area contributed by atoms with Crippen molar-refractivity contribution in [3.8, 4) is 16.9 Å². The molecule has 2 atom stereocenters. The summed E-state index contributed by atoms with van der Waals surface area (Å²) in [5, 5.41) is 0. The normalized spacial score (nSPS) is 18.5. The molecule has 0 radical (unpaired) electrons. The Morgan fingerprint density at radius 3 is 2.36 bits per heavy atom. The van der Waals surface area contributed by atoms with E-state index >= 15 is 0 Å². The van der Waals surface area contributed by atoms with E-state index in [1.807, 2.05) is 39.0 Å². The number of hydrogen-bond donors (Lipinski definition) is 0. The van der Waals surface area contributed by atoms with Crippen molar-refractivity contribution in [3.05, 3.63) is 76.5 Å². The summed E-state index contributed by atoms with van der Waals surface area (Å²) < 4.78 is 16.7. The van der Waals surface area contributed by atoms with Crippen LogP contribution in [0.2, 0.25) is 0 Å². The highest BCUT2D eigenvalue weighted by Gasteiger charge is 2.40. The summed E-state index contributed by atoms with van der Waals surface area (Å²) in [5.74, 6) is 1.32. The highest BCUT2D eigenvalue weighted by molar-refractivity contribution is 5.77. The van der Waals surface area contributed by atoms with Gasteiger partial charge in [-0.25, -0.2) is 9.78 Å². The molecular formula is C34H41N3O5. The molecule has 0 spiro atoms. The average Bonchev–Trinajstić information content (AvgIpc) is 3.19. The molecule has 2 aliphatic heterocycles. The van der Waals surface area contributed by atoms with Crippen molar-refractivity contribution in [1.29, 1.82) is 0 Å². The third kappa shape index (κ3) is 5.80. The number of benzene rings is 2. The smallest absolute Gasteiger partial charge is 0.411 e. The first-order chi connectivity index (χ1) is 20.0. The van der Waals surface area contributed by atoms with Crippen molar-refractivity contribution in [2.75, 3.05) is 32.2 Å². The van der Waals surface area contributed by atoms with Gasteiger partial charge >= 0.3 is 12.1 Å². The average molecular weight is 572 g/mol. The Morgan fingerprint density at radius 2 is 1.74 bits per heavy atom. The predicted molar refractivity (Wildman–Crippen MR) is 163 cm³/mol. The number of anilines is 1. The zero-order valence-corrected chi connectivity index (χ0v) is 25.7. The van der Waals surface area contributed by atoms with E-state index in [1.165, 1.54) is 7.11 Å². The molecule has 0 saturated carbocycles. The number of pyridine rings is 1. The van der Waals surface area contributed by atoms with Crippen LogP contribution in [0.1, 0.15) is 67.7 Å². The molecule has 0 bridgehead atoms. The molecule has 2 aliphatic rings. The van der Waals surface area contributed by atoms with Gasteiger partial charge in [0.1, 0.15) is 17.7 Å². The van der Waals surface area contributed by atoms with E-state index in [2.05, 4.69) is 49.1 Å². The summed E-state index contributed by atoms with van der Waals surface area (Å²) in [6, 6.07) is 16.2. The number of hydrogen-bond acceptors (Lipinski definition) is 7. The lowest BCUT2D eigenvalue weighted by Gasteiger charge is -2.33. The fraction of sp³-hybridized carbons (Fsp3) is 0.441. The van der Waals surface area contributed by atoms with Crippen molar-refractivity contribution in [1.82, 2.24) is 9.88 Å². The van der Waals surface area contributed by atoms with Crippen molar-refractivity contribution in [3.63, 3.8) is 0 Å². The molecule has 1 amide bonds. The Bertz CT molecular complexity index is 1480. The van der Waals surface area contributed by atoms with Gasteiger partial charge in [0, 0.05) is 29.6 Å². The molecule has 42 heavy (non-hydrogen) atoms. The molecular weight excluding hydrogens is 530 g/mol. The van der Waals surface area contributed by atoms with E-state index in [0.29, 0.717) is 5.75 Å². The molecule has 2 fully saturated rings. The topological polar surface area (TPSA) is 81.2 Å². The van der Waals surface area contributed by atoms with Crippen LogP contribution < -0.4 is 9.64 Å². The number of ether oxygens (including phenoxy) is 3. The lowest BCUT2D eigenvalue weighted by atomic mass is 9.80. The van der Waals surface area contributed by atoms with Crippen LogP contribution in [-0.4, -0.2) is 55.3 Å². The van der Waals surface area contributed by atoms with Gasteiger partial charge in [-0.3, -0.25) is 9.69 Å². The maximum atomic E-state index is 13.3. The largest absolute Gasteiger partial charge is 0.496 e. The van der Waals surface area contributed by atoms with E-state index in [1.54, 1.807) is 12.0 Å². The van der Waals surface area contributed by atoms with Gasteiger partial charge in [0.2, 0.25) is 0 Å². The SMILES string of the molecule is COC(=O)CC(C)(C)c1ccc(OC)c(-c2ccc(N3CCC3)nc2CN2C(=O)OC(c3cc(C)cc(C)c3)[C@@H]2C)c1. The molecule has 0 aliphatic carbocycles. The first kappa shape index (κ1) is 29.4. The van der Waals surface area contributed by atoms with Gasteiger partial charge < -0.3 is 19.1 Å². The van der Waals surface area contributed by atoms with Crippen LogP contribution in [-0.2, 0) is 26.2 Å². The van der Waals surface area contributed by atoms with Crippen LogP contribution in [0.3, 0.4) is 0 Å². The molecule has 5 rings (SSSR count). The maximum absolute atomic E-state index is 13.3. The van der Waals surface area contributed by atoms with Gasteiger partial charge in [-0.05, 0) is 62.6 Å². The van der Waals surface area contributed by atoms with Gasteiger partial charge in [0.05, 0.1) is 38.9 Å². The second-order valence-electron chi connectivity index (χ2n) is 12.2. The van der Waals surface area contributed by atoms with Gasteiger partial charge in [0.15, 0.2) is 0 Å². The van der Waals surface area contributed by atoms with E-state index in [0.717, 1.165) is 64.4 Å². The molecule has 2 saturated heterocycles. The highest BCUT2D eigenvalue weighted by atomic mass is 16.6. The number of carbonyl (C=O) groups excluding carboxylic acids is 2. The van der Waals surface area contributed by atoms with Crippen LogP contribution >= 0.6 is 0 Å². The van der Waals surface area contributed by atoms with Gasteiger partial charge in [-0.2, -0.15) is 0 Å². The zero-order chi connectivity index (χ0) is 30.2. The summed E-state index contributed by atoms with van der Waals surface area (Å²) in [5.41, 5.74) is 6.29. The van der Waals surface area contributed by atoms with Crippen LogP contribution in [0.25, 0.3) is 11.1 Å². The first-order valence-corrected chi connectivity index (χ1v) is 14.6. The lowest BCUT2D eigenvalue weighted by molar-refractivity contribution is -0.141. The lowest BCUT2D eigenvalue weighted by Crippen LogP contribution is -2.38. The quantitative estimate of drug-likeness (QED) is 0.271. The maximum Gasteiger partial charge on any atom is 0.411 e. The number of aryl methyl sites for hydroxylation is 2. The number of cyclic esters (lactones) is 1. The Balaban J connectivity index is 1.54. The fourth-order valence-corrected chi connectivity index (χ4v) is 5.95. The molecule has 3 aromatic rings. The van der Waals surface area contributed by atoms with Crippen LogP contribution in [0, 0.1) is 13.8 Å². The van der Waals surface area contributed by atoms with Crippen LogP contribution in [0.15, 0.2) is 48.5 Å². The number of nitrogens with zero attached hydrogens (tertiary/aromatic N) is 3. The van der Waals surface area contributed by atoms with E-state index < -0.39 is 5.41 Å². The number of aromatic nitrogens is 1. The number of methoxy groups -OCH3 is 2. The van der Waals surface area contributed by atoms with E-state index in [-0.39, 0.29) is 37.2 Å². The summed E-state index contributed by atoms with van der Waals surface area (Å²) in [6.07, 6.45) is 0.658. The minimum absolute atomic E-state index is 0.187. The minimum Gasteiger partial charge on any atom is -0.496 e. The second kappa shape index (κ2) is 11.7. The van der Waals surface area contributed by atoms with Crippen molar-refractivity contribution >= 4 is 17.9 Å². The van der Waals surface area contributed by atoms with E-state index in [9.17, 15) is 9.59 Å². The highest BCUT2D eigenvalue weighted by Crippen LogP contribution is 2.40. The van der Waals surface area contributed by atoms with Crippen LogP contribution in [0.5, 0.6) is 5.75 Å². The Morgan fingerprint density at radius 1 is 1.02 bits per heavy atom. The summed E-state index contributed by atoms with van der Waals surface area (Å²) in [4.78, 5) is 34.6. The molecule has 1 unspecified atom stereocenters. The van der Waals surface area contributed by atoms with Crippen molar-refractivity contribution in [2.24, 2.45) is 0 Å². The van der Waals surface area contributed by atoms with Crippen LogP contribution in [0.4, 0.5) is 10.6 Å². The van der Waals surface area contributed by atoms with Crippen molar-refractivity contribution < 1.29 is 23.8 Å². The van der Waals surface area contributed by atoms with Crippen molar-refractivity contribution in [2.45, 2.75) is 71.6 Å². The third-order valence-corrected chi connectivity index (χ3v) is 8.51. The fourth-order valence-electron chi connectivity index (χ4n) is 5.95. The number of carbonyl (C=O) groups is 2. The first-order valence-electron chi connectivity index (χ1n) is 14.6. The molecule has 222 valence electrons. The second-order valence-corrected chi connectivity index (χ2v) is 12.2. The minimum atomic E-state index is -0.467. The number of esters is 1. The molecule has 0 N–H and O–H groups in total. The summed E-state index contributed by atoms with van der Waals surface area (Å²) in [6.45, 7) is 12.4. The molecule has 2 aromatic carbocycles. The summed E-state index contributed by atoms with van der Waals surface area (Å²) in [7, 11) is 3.05. The Hall–Kier alpha value is -4.07. The molecule has 1 aromatic heterocycles. The van der Waals surface area contributed by atoms with E-state index in [4.69, 9.17) is 19.2 Å². The third-order valence-electron chi connectivity index (χ3n) is 8.51. The molecule has 8 nitrogen and oxygen atoms in total. The Labute approximate surface area is 248 Å². The predicted octanol–water partition coefficient (Wildman–Crippen LogP) is 6.51. The van der Waals surface area contributed by atoms with Gasteiger partial charge in [0.25, 0.3) is 0 Å². The zero-order valence-electron chi connectivity index (χ0n) is 25.7. The monoisotopic (exact) mass is 571 g/mol. The standard InChI is InChI=1S/C34H41N3O5/c1-21-15-22(2)17-24(16-21)32-23(3)37(33(39)42-32)20-28-26(10-12-30(35-28)36-13-8-14-36)27-18-25(9-11-29(27)40-6)34(4,5)19-31(38)41-7/h9-12,15-18,23,32H,8,13-14,19-20H2,1-7H3/t23-,32?/m0/s1. The molecule has 3 heterocycles. The Kier molecular flexibility index (Phi) is 8.17.